The Morgan fingerprint density at radius 3 is 2.45 bits per heavy atom. The van der Waals surface area contributed by atoms with Gasteiger partial charge in [0.25, 0.3) is 0 Å². The van der Waals surface area contributed by atoms with Gasteiger partial charge in [-0.05, 0) is 47.1 Å². The largest absolute Gasteiger partial charge is 0.493 e. The number of hydrogen-bond acceptors (Lipinski definition) is 6. The van der Waals surface area contributed by atoms with Crippen molar-refractivity contribution in [2.75, 3.05) is 25.7 Å². The zero-order chi connectivity index (χ0) is 15.7. The van der Waals surface area contributed by atoms with Gasteiger partial charge in [0, 0.05) is 19.2 Å². The smallest absolute Gasteiger partial charge is 0.326 e. The van der Waals surface area contributed by atoms with Crippen LogP contribution in [0.25, 0.3) is 0 Å². The van der Waals surface area contributed by atoms with Crippen molar-refractivity contribution >= 4 is 21.3 Å². The Morgan fingerprint density at radius 2 is 1.86 bits per heavy atom. The summed E-state index contributed by atoms with van der Waals surface area (Å²) >= 11 is 1.21. The Morgan fingerprint density at radius 1 is 1.18 bits per heavy atom. The van der Waals surface area contributed by atoms with E-state index in [-0.39, 0.29) is 9.92 Å². The number of thiophene rings is 1. The van der Waals surface area contributed by atoms with Gasteiger partial charge in [-0.2, -0.15) is 0 Å². The number of nitro groups is 1. The normalized spacial score (nSPS) is 13.6. The molecule has 1 aromatic heterocycles. The van der Waals surface area contributed by atoms with E-state index < -0.39 is 0 Å². The van der Waals surface area contributed by atoms with Gasteiger partial charge in [-0.3, -0.25) is 10.1 Å². The summed E-state index contributed by atoms with van der Waals surface area (Å²) < 4.78 is 10.7. The van der Waals surface area contributed by atoms with Crippen LogP contribution in [0.3, 0.4) is 0 Å². The number of methoxy groups -OCH3 is 2. The highest BCUT2D eigenvalue weighted by molar-refractivity contribution is 7.19. The SMILES string of the molecule is COc1cc2c(cc1OC)CN(c1ccc([N+](=O)[O-])s1)CC2. The summed E-state index contributed by atoms with van der Waals surface area (Å²) in [6, 6.07) is 7.38. The van der Waals surface area contributed by atoms with Gasteiger partial charge in [0.2, 0.25) is 0 Å². The molecule has 0 spiro atoms. The Kier molecular flexibility index (Phi) is 3.89. The Balaban J connectivity index is 1.87. The summed E-state index contributed by atoms with van der Waals surface area (Å²) in [7, 11) is 3.25. The van der Waals surface area contributed by atoms with Gasteiger partial charge >= 0.3 is 5.00 Å². The number of nitrogens with zero attached hydrogens (tertiary/aromatic N) is 2. The highest BCUT2D eigenvalue weighted by Gasteiger charge is 2.22. The van der Waals surface area contributed by atoms with Crippen LogP contribution in [-0.2, 0) is 13.0 Å². The lowest BCUT2D eigenvalue weighted by Crippen LogP contribution is -2.29. The van der Waals surface area contributed by atoms with Gasteiger partial charge in [0.05, 0.1) is 24.1 Å². The molecule has 1 aliphatic heterocycles. The van der Waals surface area contributed by atoms with Crippen LogP contribution in [0.2, 0.25) is 0 Å². The van der Waals surface area contributed by atoms with Crippen LogP contribution in [0.4, 0.5) is 10.0 Å². The Labute approximate surface area is 132 Å². The van der Waals surface area contributed by atoms with Crippen molar-refractivity contribution in [3.8, 4) is 11.5 Å². The molecule has 2 aromatic rings. The molecule has 0 saturated heterocycles. The topological polar surface area (TPSA) is 64.8 Å². The highest BCUT2D eigenvalue weighted by atomic mass is 32.1. The van der Waals surface area contributed by atoms with E-state index >= 15 is 0 Å². The van der Waals surface area contributed by atoms with Gasteiger partial charge in [0.15, 0.2) is 11.5 Å². The summed E-state index contributed by atoms with van der Waals surface area (Å²) in [5.41, 5.74) is 2.40. The van der Waals surface area contributed by atoms with Crippen LogP contribution in [0.5, 0.6) is 11.5 Å². The van der Waals surface area contributed by atoms with E-state index in [9.17, 15) is 10.1 Å². The van der Waals surface area contributed by atoms with Crippen LogP contribution in [0.1, 0.15) is 11.1 Å². The predicted octanol–water partition coefficient (Wildman–Crippen LogP) is 3.24. The number of fused-ring (bicyclic) bond motifs is 1. The van der Waals surface area contributed by atoms with Gasteiger partial charge in [-0.25, -0.2) is 0 Å². The average molecular weight is 320 g/mol. The maximum absolute atomic E-state index is 10.8. The number of rotatable bonds is 4. The Bertz CT molecular complexity index is 714. The molecule has 3 rings (SSSR count). The fourth-order valence-electron chi connectivity index (χ4n) is 2.66. The molecular weight excluding hydrogens is 304 g/mol. The number of anilines is 1. The van der Waals surface area contributed by atoms with Crippen molar-refractivity contribution in [1.29, 1.82) is 0 Å². The summed E-state index contributed by atoms with van der Waals surface area (Å²) in [6.45, 7) is 1.55. The quantitative estimate of drug-likeness (QED) is 0.639. The van der Waals surface area contributed by atoms with Gasteiger partial charge < -0.3 is 14.4 Å². The molecule has 0 fully saturated rings. The minimum Gasteiger partial charge on any atom is -0.493 e. The van der Waals surface area contributed by atoms with Crippen LogP contribution >= 0.6 is 11.3 Å². The van der Waals surface area contributed by atoms with E-state index in [2.05, 4.69) is 4.90 Å². The van der Waals surface area contributed by atoms with Crippen LogP contribution < -0.4 is 14.4 Å². The van der Waals surface area contributed by atoms with E-state index in [1.54, 1.807) is 20.3 Å². The fourth-order valence-corrected chi connectivity index (χ4v) is 3.50. The van der Waals surface area contributed by atoms with Gasteiger partial charge in [-0.15, -0.1) is 0 Å². The molecule has 0 amide bonds. The first kappa shape index (κ1) is 14.6. The summed E-state index contributed by atoms with van der Waals surface area (Å²) in [4.78, 5) is 12.6. The molecule has 0 bridgehead atoms. The van der Waals surface area contributed by atoms with Gasteiger partial charge in [-0.1, -0.05) is 0 Å². The van der Waals surface area contributed by atoms with Crippen LogP contribution in [0.15, 0.2) is 24.3 Å². The van der Waals surface area contributed by atoms with Crippen molar-refractivity contribution in [3.63, 3.8) is 0 Å². The minimum atomic E-state index is -0.347. The molecule has 116 valence electrons. The first-order valence-corrected chi connectivity index (χ1v) is 7.67. The second-order valence-electron chi connectivity index (χ2n) is 5.02. The number of ether oxygens (including phenoxy) is 2. The third kappa shape index (κ3) is 2.59. The van der Waals surface area contributed by atoms with Crippen LogP contribution in [0, 0.1) is 10.1 Å². The molecule has 0 saturated carbocycles. The highest BCUT2D eigenvalue weighted by Crippen LogP contribution is 2.37. The van der Waals surface area contributed by atoms with Crippen molar-refractivity contribution in [3.05, 3.63) is 45.5 Å². The molecule has 1 aliphatic rings. The average Bonchev–Trinajstić information content (AvgIpc) is 3.03. The van der Waals surface area contributed by atoms with E-state index in [4.69, 9.17) is 9.47 Å². The molecular formula is C15H16N2O4S. The first-order chi connectivity index (χ1) is 10.6. The lowest BCUT2D eigenvalue weighted by molar-refractivity contribution is -0.380. The summed E-state index contributed by atoms with van der Waals surface area (Å²) in [5, 5.41) is 11.9. The van der Waals surface area contributed by atoms with Crippen molar-refractivity contribution in [1.82, 2.24) is 0 Å². The zero-order valence-electron chi connectivity index (χ0n) is 12.4. The summed E-state index contributed by atoms with van der Waals surface area (Å²) in [5.74, 6) is 1.45. The fraction of sp³-hybridized carbons (Fsp3) is 0.333. The molecule has 22 heavy (non-hydrogen) atoms. The van der Waals surface area contributed by atoms with Crippen LogP contribution in [-0.4, -0.2) is 25.7 Å². The maximum atomic E-state index is 10.8. The molecule has 0 aliphatic carbocycles. The minimum absolute atomic E-state index is 0.174. The first-order valence-electron chi connectivity index (χ1n) is 6.85. The van der Waals surface area contributed by atoms with Crippen molar-refractivity contribution in [2.24, 2.45) is 0 Å². The molecule has 6 nitrogen and oxygen atoms in total. The van der Waals surface area contributed by atoms with Crippen molar-refractivity contribution in [2.45, 2.75) is 13.0 Å². The standard InChI is InChI=1S/C15H16N2O4S/c1-20-12-7-10-5-6-16(9-11(10)8-13(12)21-2)14-3-4-15(22-14)17(18)19/h3-4,7-8H,5-6,9H2,1-2H3. The predicted molar refractivity (Wildman–Crippen MR) is 85.3 cm³/mol. The summed E-state index contributed by atoms with van der Waals surface area (Å²) in [6.07, 6.45) is 0.876. The molecule has 0 radical (unpaired) electrons. The second kappa shape index (κ2) is 5.84. The van der Waals surface area contributed by atoms with E-state index in [0.717, 1.165) is 23.7 Å². The second-order valence-corrected chi connectivity index (χ2v) is 6.06. The van der Waals surface area contributed by atoms with E-state index in [1.165, 1.54) is 22.5 Å². The molecule has 2 heterocycles. The Hall–Kier alpha value is -2.28. The van der Waals surface area contributed by atoms with E-state index in [0.29, 0.717) is 12.3 Å². The lowest BCUT2D eigenvalue weighted by Gasteiger charge is -2.30. The molecule has 7 heteroatoms. The maximum Gasteiger partial charge on any atom is 0.326 e. The third-order valence-corrected chi connectivity index (χ3v) is 4.89. The molecule has 0 atom stereocenters. The van der Waals surface area contributed by atoms with Gasteiger partial charge in [0.1, 0.15) is 0 Å². The number of hydrogen-bond donors (Lipinski definition) is 0. The van der Waals surface area contributed by atoms with Crippen molar-refractivity contribution < 1.29 is 14.4 Å². The lowest BCUT2D eigenvalue weighted by atomic mass is 9.99. The zero-order valence-corrected chi connectivity index (χ0v) is 13.2. The monoisotopic (exact) mass is 320 g/mol. The molecule has 0 N–H and O–H groups in total. The third-order valence-electron chi connectivity index (χ3n) is 3.79. The number of benzene rings is 1. The van der Waals surface area contributed by atoms with E-state index in [1.807, 2.05) is 18.2 Å². The molecule has 1 aromatic carbocycles. The molecule has 0 unspecified atom stereocenters.